The largest absolute Gasteiger partial charge is 0.444 e. The van der Waals surface area contributed by atoms with Crippen molar-refractivity contribution in [2.45, 2.75) is 71.9 Å². The van der Waals surface area contributed by atoms with E-state index >= 15 is 0 Å². The first kappa shape index (κ1) is 23.9. The van der Waals surface area contributed by atoms with Crippen molar-refractivity contribution in [3.8, 4) is 0 Å². The lowest BCUT2D eigenvalue weighted by Crippen LogP contribution is -2.42. The molecule has 2 amide bonds. The molecule has 158 valence electrons. The molecule has 1 unspecified atom stereocenters. The molecule has 28 heavy (non-hydrogen) atoms. The highest BCUT2D eigenvalue weighted by Gasteiger charge is 2.21. The summed E-state index contributed by atoms with van der Waals surface area (Å²) in [6, 6.07) is 9.34. The summed E-state index contributed by atoms with van der Waals surface area (Å²) < 4.78 is 16.3. The Kier molecular flexibility index (Phi) is 10.6. The summed E-state index contributed by atoms with van der Waals surface area (Å²) in [6.07, 6.45) is -0.229. The molecule has 2 atom stereocenters. The maximum Gasteiger partial charge on any atom is 0.407 e. The Morgan fingerprint density at radius 3 is 2.39 bits per heavy atom. The Morgan fingerprint density at radius 2 is 1.79 bits per heavy atom. The van der Waals surface area contributed by atoms with E-state index in [2.05, 4.69) is 10.6 Å². The predicted octanol–water partition coefficient (Wildman–Crippen LogP) is 3.38. The van der Waals surface area contributed by atoms with Crippen LogP contribution in [0.4, 0.5) is 4.79 Å². The monoisotopic (exact) mass is 394 g/mol. The van der Waals surface area contributed by atoms with Gasteiger partial charge in [-0.25, -0.2) is 4.79 Å². The van der Waals surface area contributed by atoms with E-state index in [1.165, 1.54) is 0 Å². The number of alkyl carbamates (subject to hydrolysis) is 1. The Labute approximate surface area is 168 Å². The van der Waals surface area contributed by atoms with Gasteiger partial charge in [-0.3, -0.25) is 4.79 Å². The van der Waals surface area contributed by atoms with Gasteiger partial charge in [0, 0.05) is 19.6 Å². The summed E-state index contributed by atoms with van der Waals surface area (Å²) in [5, 5.41) is 5.66. The van der Waals surface area contributed by atoms with Gasteiger partial charge < -0.3 is 24.8 Å². The van der Waals surface area contributed by atoms with Crippen molar-refractivity contribution in [3.05, 3.63) is 35.9 Å². The third-order valence-electron chi connectivity index (χ3n) is 3.71. The van der Waals surface area contributed by atoms with E-state index in [-0.39, 0.29) is 31.3 Å². The minimum atomic E-state index is -0.596. The molecule has 7 nitrogen and oxygen atoms in total. The summed E-state index contributed by atoms with van der Waals surface area (Å²) in [5.74, 6) is -0.0855. The van der Waals surface area contributed by atoms with E-state index in [0.29, 0.717) is 19.6 Å². The lowest BCUT2D eigenvalue weighted by Gasteiger charge is -2.24. The SMILES string of the molecule is CCOC(C)OC[C@H](CCC(=O)NCc1ccccc1)NC(=O)OC(C)(C)C. The van der Waals surface area contributed by atoms with Crippen LogP contribution in [-0.2, 0) is 25.5 Å². The van der Waals surface area contributed by atoms with Gasteiger partial charge >= 0.3 is 6.09 Å². The smallest absolute Gasteiger partial charge is 0.407 e. The van der Waals surface area contributed by atoms with Crippen molar-refractivity contribution in [2.75, 3.05) is 13.2 Å². The number of ether oxygens (including phenoxy) is 3. The third-order valence-corrected chi connectivity index (χ3v) is 3.71. The van der Waals surface area contributed by atoms with Gasteiger partial charge in [-0.15, -0.1) is 0 Å². The van der Waals surface area contributed by atoms with Gasteiger partial charge in [-0.1, -0.05) is 30.3 Å². The Hall–Kier alpha value is -2.12. The van der Waals surface area contributed by atoms with Gasteiger partial charge in [0.25, 0.3) is 0 Å². The average molecular weight is 395 g/mol. The second kappa shape index (κ2) is 12.4. The summed E-state index contributed by atoms with van der Waals surface area (Å²) >= 11 is 0. The predicted molar refractivity (Wildman–Crippen MR) is 108 cm³/mol. The van der Waals surface area contributed by atoms with Crippen LogP contribution in [0.2, 0.25) is 0 Å². The number of amides is 2. The first-order valence-corrected chi connectivity index (χ1v) is 9.73. The molecule has 1 aromatic carbocycles. The number of hydrogen-bond acceptors (Lipinski definition) is 5. The standard InChI is InChI=1S/C21H34N2O5/c1-6-26-16(2)27-15-18(23-20(25)28-21(3,4)5)12-13-19(24)22-14-17-10-8-7-9-11-17/h7-11,16,18H,6,12-15H2,1-5H3,(H,22,24)(H,23,25)/t16?,18-/m0/s1. The van der Waals surface area contributed by atoms with Crippen LogP contribution in [0.3, 0.4) is 0 Å². The molecule has 0 saturated carbocycles. The fourth-order valence-electron chi connectivity index (χ4n) is 2.40. The Balaban J connectivity index is 2.50. The summed E-state index contributed by atoms with van der Waals surface area (Å²) in [6.45, 7) is 10.3. The number of carbonyl (C=O) groups is 2. The van der Waals surface area contributed by atoms with Gasteiger partial charge in [0.15, 0.2) is 6.29 Å². The molecule has 0 aliphatic carbocycles. The molecule has 0 radical (unpaired) electrons. The van der Waals surface area contributed by atoms with Crippen LogP contribution in [0.25, 0.3) is 0 Å². The van der Waals surface area contributed by atoms with Crippen LogP contribution in [-0.4, -0.2) is 43.1 Å². The molecule has 2 N–H and O–H groups in total. The fraction of sp³-hybridized carbons (Fsp3) is 0.619. The van der Waals surface area contributed by atoms with Gasteiger partial charge in [0.1, 0.15) is 5.60 Å². The van der Waals surface area contributed by atoms with Crippen molar-refractivity contribution in [1.82, 2.24) is 10.6 Å². The van der Waals surface area contributed by atoms with E-state index in [9.17, 15) is 9.59 Å². The zero-order chi connectivity index (χ0) is 21.0. The van der Waals surface area contributed by atoms with Gasteiger partial charge in [-0.2, -0.15) is 0 Å². The number of carbonyl (C=O) groups excluding carboxylic acids is 2. The molecule has 7 heteroatoms. The molecule has 0 bridgehead atoms. The quantitative estimate of drug-likeness (QED) is 0.562. The highest BCUT2D eigenvalue weighted by atomic mass is 16.7. The molecule has 0 aliphatic heterocycles. The zero-order valence-corrected chi connectivity index (χ0v) is 17.6. The molecule has 0 heterocycles. The summed E-state index contributed by atoms with van der Waals surface area (Å²) in [7, 11) is 0. The third kappa shape index (κ3) is 11.6. The van der Waals surface area contributed by atoms with Crippen molar-refractivity contribution >= 4 is 12.0 Å². The van der Waals surface area contributed by atoms with E-state index in [1.807, 2.05) is 37.3 Å². The number of rotatable bonds is 11. The van der Waals surface area contributed by atoms with Gasteiger partial charge in [-0.05, 0) is 46.6 Å². The second-order valence-corrected chi connectivity index (χ2v) is 7.50. The van der Waals surface area contributed by atoms with E-state index in [4.69, 9.17) is 14.2 Å². The van der Waals surface area contributed by atoms with Crippen LogP contribution in [0.1, 0.15) is 53.0 Å². The molecule has 0 spiro atoms. The number of hydrogen-bond donors (Lipinski definition) is 2. The zero-order valence-electron chi connectivity index (χ0n) is 17.6. The van der Waals surface area contributed by atoms with Crippen LogP contribution in [0.15, 0.2) is 30.3 Å². The van der Waals surface area contributed by atoms with E-state index < -0.39 is 11.7 Å². The first-order valence-electron chi connectivity index (χ1n) is 9.73. The Bertz CT molecular complexity index is 586. The number of nitrogens with one attached hydrogen (secondary N) is 2. The molecular formula is C21H34N2O5. The van der Waals surface area contributed by atoms with Crippen LogP contribution in [0, 0.1) is 0 Å². The second-order valence-electron chi connectivity index (χ2n) is 7.50. The van der Waals surface area contributed by atoms with Crippen molar-refractivity contribution in [1.29, 1.82) is 0 Å². The minimum absolute atomic E-state index is 0.0855. The molecule has 0 saturated heterocycles. The van der Waals surface area contributed by atoms with E-state index in [1.54, 1.807) is 27.7 Å². The van der Waals surface area contributed by atoms with Crippen LogP contribution in [0.5, 0.6) is 0 Å². The Morgan fingerprint density at radius 1 is 1.11 bits per heavy atom. The topological polar surface area (TPSA) is 85.9 Å². The maximum atomic E-state index is 12.2. The first-order chi connectivity index (χ1) is 13.2. The highest BCUT2D eigenvalue weighted by Crippen LogP contribution is 2.09. The summed E-state index contributed by atoms with van der Waals surface area (Å²) in [4.78, 5) is 24.2. The van der Waals surface area contributed by atoms with Crippen molar-refractivity contribution in [3.63, 3.8) is 0 Å². The highest BCUT2D eigenvalue weighted by molar-refractivity contribution is 5.76. The molecule has 0 fully saturated rings. The lowest BCUT2D eigenvalue weighted by atomic mass is 10.1. The maximum absolute atomic E-state index is 12.2. The molecular weight excluding hydrogens is 360 g/mol. The minimum Gasteiger partial charge on any atom is -0.444 e. The molecule has 0 aliphatic rings. The van der Waals surface area contributed by atoms with Crippen LogP contribution < -0.4 is 10.6 Å². The van der Waals surface area contributed by atoms with Gasteiger partial charge in [0.2, 0.25) is 5.91 Å². The lowest BCUT2D eigenvalue weighted by molar-refractivity contribution is -0.132. The van der Waals surface area contributed by atoms with Crippen molar-refractivity contribution in [2.24, 2.45) is 0 Å². The average Bonchev–Trinajstić information content (AvgIpc) is 2.61. The van der Waals surface area contributed by atoms with Gasteiger partial charge in [0.05, 0.1) is 12.6 Å². The normalized spacial score (nSPS) is 13.5. The summed E-state index contributed by atoms with van der Waals surface area (Å²) in [5.41, 5.74) is 0.439. The number of benzene rings is 1. The fourth-order valence-corrected chi connectivity index (χ4v) is 2.40. The van der Waals surface area contributed by atoms with Crippen LogP contribution >= 0.6 is 0 Å². The molecule has 1 aromatic rings. The molecule has 1 rings (SSSR count). The van der Waals surface area contributed by atoms with Crippen molar-refractivity contribution < 1.29 is 23.8 Å². The molecule has 0 aromatic heterocycles. The van der Waals surface area contributed by atoms with E-state index in [0.717, 1.165) is 5.56 Å².